The lowest BCUT2D eigenvalue weighted by atomic mass is 10.1. The Morgan fingerprint density at radius 2 is 1.93 bits per heavy atom. The number of carbonyl (C=O) groups excluding carboxylic acids is 1. The average molecular weight is 417 g/mol. The number of benzene rings is 1. The Bertz CT molecular complexity index is 1160. The van der Waals surface area contributed by atoms with Crippen molar-refractivity contribution in [2.24, 2.45) is 7.05 Å². The van der Waals surface area contributed by atoms with Crippen molar-refractivity contribution in [3.8, 4) is 0 Å². The second-order valence-electron chi connectivity index (χ2n) is 6.74. The highest BCUT2D eigenvalue weighted by molar-refractivity contribution is 6.31. The number of hydrogen-bond donors (Lipinski definition) is 0. The number of aryl methyl sites for hydroxylation is 1. The van der Waals surface area contributed by atoms with Crippen molar-refractivity contribution < 1.29 is 14.1 Å². The van der Waals surface area contributed by atoms with Gasteiger partial charge in [0, 0.05) is 43.6 Å². The second kappa shape index (κ2) is 7.25. The number of halogens is 1. The van der Waals surface area contributed by atoms with E-state index in [1.165, 1.54) is 17.9 Å². The first-order valence-corrected chi connectivity index (χ1v) is 9.30. The number of anilines is 1. The number of amides is 1. The van der Waals surface area contributed by atoms with Crippen molar-refractivity contribution in [2.45, 2.75) is 0 Å². The Morgan fingerprint density at radius 1 is 1.21 bits per heavy atom. The molecule has 1 saturated heterocycles. The molecular weight excluding hydrogens is 400 g/mol. The third kappa shape index (κ3) is 3.23. The van der Waals surface area contributed by atoms with Crippen LogP contribution in [0.25, 0.3) is 10.9 Å². The molecule has 3 heterocycles. The topological polar surface area (TPSA) is 102 Å². The van der Waals surface area contributed by atoms with E-state index < -0.39 is 16.2 Å². The van der Waals surface area contributed by atoms with E-state index in [4.69, 9.17) is 16.0 Å². The van der Waals surface area contributed by atoms with E-state index >= 15 is 0 Å². The number of fused-ring (bicyclic) bond motifs is 1. The maximum Gasteiger partial charge on any atom is 0.357 e. The molecule has 1 amide bonds. The van der Waals surface area contributed by atoms with Gasteiger partial charge in [-0.05, 0) is 30.3 Å². The molecule has 1 aliphatic rings. The summed E-state index contributed by atoms with van der Waals surface area (Å²) in [6.07, 6.45) is 1.43. The molecule has 1 aliphatic heterocycles. The second-order valence-corrected chi connectivity index (χ2v) is 7.17. The standard InChI is InChI=1S/C19H17ClN4O5/c1-21-14-5-4-12(20)11-13(14)16(17(19(21)26)24(27)28)22-6-8-23(9-7-22)18(25)15-3-2-10-29-15/h2-5,10-11H,6-9H2,1H3. The molecule has 10 heteroatoms. The number of rotatable bonds is 3. The third-order valence-corrected chi connectivity index (χ3v) is 5.34. The highest BCUT2D eigenvalue weighted by atomic mass is 35.5. The van der Waals surface area contributed by atoms with Gasteiger partial charge in [-0.3, -0.25) is 19.7 Å². The number of pyridine rings is 1. The van der Waals surface area contributed by atoms with Gasteiger partial charge < -0.3 is 18.8 Å². The highest BCUT2D eigenvalue weighted by Crippen LogP contribution is 2.35. The summed E-state index contributed by atoms with van der Waals surface area (Å²) in [5.74, 6) is 0.0104. The van der Waals surface area contributed by atoms with Gasteiger partial charge in [0.15, 0.2) is 5.76 Å². The van der Waals surface area contributed by atoms with Crippen molar-refractivity contribution in [1.82, 2.24) is 9.47 Å². The zero-order valence-corrected chi connectivity index (χ0v) is 16.3. The minimum atomic E-state index is -0.686. The smallest absolute Gasteiger partial charge is 0.357 e. The molecule has 0 radical (unpaired) electrons. The average Bonchev–Trinajstić information content (AvgIpc) is 3.24. The number of carbonyl (C=O) groups is 1. The normalized spacial score (nSPS) is 14.4. The molecule has 9 nitrogen and oxygen atoms in total. The Labute approximate surface area is 169 Å². The lowest BCUT2D eigenvalue weighted by Gasteiger charge is -2.35. The Morgan fingerprint density at radius 3 is 2.55 bits per heavy atom. The van der Waals surface area contributed by atoms with E-state index in [1.807, 2.05) is 0 Å². The molecule has 150 valence electrons. The first-order valence-electron chi connectivity index (χ1n) is 8.93. The first-order chi connectivity index (χ1) is 13.9. The molecule has 4 rings (SSSR count). The Balaban J connectivity index is 1.74. The van der Waals surface area contributed by atoms with E-state index in [0.717, 1.165) is 0 Å². The maximum absolute atomic E-state index is 12.7. The van der Waals surface area contributed by atoms with Gasteiger partial charge >= 0.3 is 11.2 Å². The van der Waals surface area contributed by atoms with Crippen molar-refractivity contribution >= 4 is 39.8 Å². The zero-order chi connectivity index (χ0) is 20.7. The summed E-state index contributed by atoms with van der Waals surface area (Å²) in [4.78, 5) is 39.6. The largest absolute Gasteiger partial charge is 0.459 e. The monoisotopic (exact) mass is 416 g/mol. The summed E-state index contributed by atoms with van der Waals surface area (Å²) < 4.78 is 6.41. The van der Waals surface area contributed by atoms with Crippen LogP contribution in [0.3, 0.4) is 0 Å². The molecule has 0 aliphatic carbocycles. The summed E-state index contributed by atoms with van der Waals surface area (Å²) in [6, 6.07) is 8.17. The van der Waals surface area contributed by atoms with Crippen molar-refractivity contribution in [3.05, 3.63) is 67.8 Å². The summed E-state index contributed by atoms with van der Waals surface area (Å²) in [5, 5.41) is 12.7. The zero-order valence-electron chi connectivity index (χ0n) is 15.5. The van der Waals surface area contributed by atoms with Crippen LogP contribution < -0.4 is 10.5 Å². The van der Waals surface area contributed by atoms with Crippen LogP contribution in [0.5, 0.6) is 0 Å². The van der Waals surface area contributed by atoms with Crippen LogP contribution in [0.15, 0.2) is 45.8 Å². The number of furan rings is 1. The Kier molecular flexibility index (Phi) is 4.75. The number of nitro groups is 1. The van der Waals surface area contributed by atoms with Crippen LogP contribution in [0.2, 0.25) is 5.02 Å². The lowest BCUT2D eigenvalue weighted by Crippen LogP contribution is -2.49. The third-order valence-electron chi connectivity index (χ3n) is 5.10. The Hall–Kier alpha value is -3.33. The predicted octanol–water partition coefficient (Wildman–Crippen LogP) is 2.66. The fourth-order valence-electron chi connectivity index (χ4n) is 3.66. The lowest BCUT2D eigenvalue weighted by molar-refractivity contribution is -0.385. The highest BCUT2D eigenvalue weighted by Gasteiger charge is 2.32. The van der Waals surface area contributed by atoms with Gasteiger partial charge in [-0.1, -0.05) is 11.6 Å². The van der Waals surface area contributed by atoms with E-state index in [-0.39, 0.29) is 17.4 Å². The molecule has 0 atom stereocenters. The van der Waals surface area contributed by atoms with Gasteiger partial charge in [0.2, 0.25) is 0 Å². The predicted molar refractivity (Wildman–Crippen MR) is 108 cm³/mol. The minimum Gasteiger partial charge on any atom is -0.459 e. The first kappa shape index (κ1) is 19.0. The van der Waals surface area contributed by atoms with Crippen LogP contribution in [0.4, 0.5) is 11.4 Å². The van der Waals surface area contributed by atoms with Gasteiger partial charge in [-0.25, -0.2) is 0 Å². The minimum absolute atomic E-state index is 0.235. The van der Waals surface area contributed by atoms with Crippen LogP contribution in [0, 0.1) is 10.1 Å². The van der Waals surface area contributed by atoms with Crippen LogP contribution in [-0.4, -0.2) is 46.5 Å². The van der Waals surface area contributed by atoms with Crippen LogP contribution in [-0.2, 0) is 7.05 Å². The number of piperazine rings is 1. The molecule has 1 aromatic carbocycles. The summed E-state index contributed by atoms with van der Waals surface area (Å²) in [7, 11) is 1.50. The molecule has 2 aromatic heterocycles. The van der Waals surface area contributed by atoms with E-state index in [1.54, 1.807) is 40.1 Å². The molecule has 3 aromatic rings. The molecule has 0 N–H and O–H groups in total. The van der Waals surface area contributed by atoms with Crippen molar-refractivity contribution in [3.63, 3.8) is 0 Å². The maximum atomic E-state index is 12.7. The summed E-state index contributed by atoms with van der Waals surface area (Å²) in [5.41, 5.74) is -0.392. The van der Waals surface area contributed by atoms with Crippen LogP contribution in [0.1, 0.15) is 10.6 Å². The van der Waals surface area contributed by atoms with Gasteiger partial charge in [-0.15, -0.1) is 0 Å². The quantitative estimate of drug-likeness (QED) is 0.480. The molecule has 1 fully saturated rings. The molecule has 0 unspecified atom stereocenters. The molecule has 0 bridgehead atoms. The van der Waals surface area contributed by atoms with Crippen molar-refractivity contribution in [1.29, 1.82) is 0 Å². The SMILES string of the molecule is Cn1c(=O)c([N+](=O)[O-])c(N2CCN(C(=O)c3ccco3)CC2)c2cc(Cl)ccc21. The van der Waals surface area contributed by atoms with E-state index in [2.05, 4.69) is 0 Å². The van der Waals surface area contributed by atoms with Crippen LogP contribution >= 0.6 is 11.6 Å². The molecule has 0 saturated carbocycles. The van der Waals surface area contributed by atoms with E-state index in [0.29, 0.717) is 42.1 Å². The molecule has 29 heavy (non-hydrogen) atoms. The van der Waals surface area contributed by atoms with Crippen molar-refractivity contribution in [2.75, 3.05) is 31.1 Å². The summed E-state index contributed by atoms with van der Waals surface area (Å²) in [6.45, 7) is 1.35. The van der Waals surface area contributed by atoms with Gasteiger partial charge in [0.1, 0.15) is 5.69 Å². The van der Waals surface area contributed by atoms with Gasteiger partial charge in [0.25, 0.3) is 5.91 Å². The van der Waals surface area contributed by atoms with Gasteiger partial charge in [0.05, 0.1) is 16.7 Å². The number of hydrogen-bond acceptors (Lipinski definition) is 6. The van der Waals surface area contributed by atoms with E-state index in [9.17, 15) is 19.7 Å². The fourth-order valence-corrected chi connectivity index (χ4v) is 3.83. The molecule has 0 spiro atoms. The molecular formula is C19H17ClN4O5. The number of aromatic nitrogens is 1. The number of nitrogens with zero attached hydrogens (tertiary/aromatic N) is 4. The van der Waals surface area contributed by atoms with Gasteiger partial charge in [-0.2, -0.15) is 0 Å². The fraction of sp³-hybridized carbons (Fsp3) is 0.263. The summed E-state index contributed by atoms with van der Waals surface area (Å²) >= 11 is 6.14.